The monoisotopic (exact) mass is 307 g/mol. The highest BCUT2D eigenvalue weighted by atomic mass is 32.1. The maximum atomic E-state index is 13.8. The summed E-state index contributed by atoms with van der Waals surface area (Å²) in [5, 5.41) is 2.79. The van der Waals surface area contributed by atoms with Gasteiger partial charge in [0.2, 0.25) is 0 Å². The van der Waals surface area contributed by atoms with Crippen molar-refractivity contribution in [2.45, 2.75) is 0 Å². The van der Waals surface area contributed by atoms with Crippen molar-refractivity contribution in [2.75, 3.05) is 5.32 Å². The predicted molar refractivity (Wildman–Crippen MR) is 89.5 cm³/mol. The average molecular weight is 307 g/mol. The number of halogens is 1. The first-order valence-corrected chi connectivity index (χ1v) is 7.47. The maximum absolute atomic E-state index is 13.8. The molecule has 22 heavy (non-hydrogen) atoms. The fourth-order valence-corrected chi connectivity index (χ4v) is 2.95. The van der Waals surface area contributed by atoms with Crippen LogP contribution in [0.4, 0.5) is 10.1 Å². The summed E-state index contributed by atoms with van der Waals surface area (Å²) in [6.45, 7) is 0. The molecule has 106 valence electrons. The van der Waals surface area contributed by atoms with Gasteiger partial charge >= 0.3 is 0 Å². The Bertz CT molecular complexity index is 814. The third kappa shape index (κ3) is 3.09. The number of nitrogens with one attached hydrogen (secondary N) is 1. The highest BCUT2D eigenvalue weighted by Gasteiger charge is 2.12. The summed E-state index contributed by atoms with van der Waals surface area (Å²) in [5.41, 5.74) is 1.80. The van der Waals surface area contributed by atoms with Crippen molar-refractivity contribution in [1.82, 2.24) is 0 Å². The van der Waals surface area contributed by atoms with Gasteiger partial charge in [-0.25, -0.2) is 4.39 Å². The largest absolute Gasteiger partial charge is 0.321 e. The molecule has 2 aromatic carbocycles. The van der Waals surface area contributed by atoms with Gasteiger partial charge in [-0.3, -0.25) is 4.79 Å². The van der Waals surface area contributed by atoms with Crippen LogP contribution in [0.1, 0.15) is 9.67 Å². The Hall–Kier alpha value is -2.40. The molecule has 1 amide bonds. The summed E-state index contributed by atoms with van der Waals surface area (Å²) in [5.74, 6) is -0.521. The summed E-state index contributed by atoms with van der Waals surface area (Å²) in [6.07, 6.45) is 0. The predicted octanol–water partition coefficient (Wildman–Crippen LogP) is 3.60. The standard InChI is InChI=1S/C17H11BFNOS/c18-11-5-7-12(8-6-11)20-17(21)16-10-9-15(22-16)13-3-1-2-4-14(13)19/h1-10H,(H,20,21). The number of amides is 1. The van der Waals surface area contributed by atoms with E-state index in [0.717, 1.165) is 4.88 Å². The van der Waals surface area contributed by atoms with E-state index in [9.17, 15) is 9.18 Å². The second kappa shape index (κ2) is 6.16. The third-order valence-electron chi connectivity index (χ3n) is 3.14. The molecule has 1 aromatic heterocycles. The van der Waals surface area contributed by atoms with E-state index in [2.05, 4.69) is 5.32 Å². The Balaban J connectivity index is 1.80. The van der Waals surface area contributed by atoms with Crippen molar-refractivity contribution in [1.29, 1.82) is 0 Å². The highest BCUT2D eigenvalue weighted by molar-refractivity contribution is 7.17. The maximum Gasteiger partial charge on any atom is 0.265 e. The Labute approximate surface area is 133 Å². The number of hydrogen-bond acceptors (Lipinski definition) is 2. The van der Waals surface area contributed by atoms with Gasteiger partial charge in [0.1, 0.15) is 13.7 Å². The quantitative estimate of drug-likeness (QED) is 0.736. The lowest BCUT2D eigenvalue weighted by atomic mass is 9.96. The number of benzene rings is 2. The lowest BCUT2D eigenvalue weighted by Crippen LogP contribution is -2.11. The number of thiophene rings is 1. The summed E-state index contributed by atoms with van der Waals surface area (Å²) in [4.78, 5) is 13.4. The normalized spacial score (nSPS) is 10.4. The first-order valence-electron chi connectivity index (χ1n) is 6.65. The van der Waals surface area contributed by atoms with Gasteiger partial charge in [-0.2, -0.15) is 0 Å². The SMILES string of the molecule is [B]c1ccc(NC(=O)c2ccc(-c3ccccc3F)s2)cc1. The number of anilines is 1. The minimum Gasteiger partial charge on any atom is -0.321 e. The van der Waals surface area contributed by atoms with Gasteiger partial charge in [-0.15, -0.1) is 11.3 Å². The van der Waals surface area contributed by atoms with E-state index in [1.165, 1.54) is 17.4 Å². The average Bonchev–Trinajstić information content (AvgIpc) is 3.00. The lowest BCUT2D eigenvalue weighted by molar-refractivity contribution is 0.103. The van der Waals surface area contributed by atoms with Crippen molar-refractivity contribution < 1.29 is 9.18 Å². The van der Waals surface area contributed by atoms with Crippen molar-refractivity contribution in [3.63, 3.8) is 0 Å². The molecule has 0 fully saturated rings. The Morgan fingerprint density at radius 2 is 1.73 bits per heavy atom. The van der Waals surface area contributed by atoms with Crippen LogP contribution >= 0.6 is 11.3 Å². The molecule has 3 rings (SSSR count). The second-order valence-electron chi connectivity index (χ2n) is 4.72. The third-order valence-corrected chi connectivity index (χ3v) is 4.25. The molecule has 3 aromatic rings. The molecular formula is C17H11BFNOS. The van der Waals surface area contributed by atoms with Crippen LogP contribution in [0.15, 0.2) is 60.7 Å². The van der Waals surface area contributed by atoms with E-state index in [1.807, 2.05) is 0 Å². The number of carbonyl (C=O) groups excluding carboxylic acids is 1. The van der Waals surface area contributed by atoms with E-state index in [-0.39, 0.29) is 11.7 Å². The minimum absolute atomic E-state index is 0.225. The molecule has 0 aliphatic heterocycles. The Morgan fingerprint density at radius 3 is 2.45 bits per heavy atom. The molecule has 0 aliphatic rings. The van der Waals surface area contributed by atoms with E-state index in [4.69, 9.17) is 7.85 Å². The topological polar surface area (TPSA) is 29.1 Å². The van der Waals surface area contributed by atoms with Gasteiger partial charge in [0.25, 0.3) is 5.91 Å². The summed E-state index contributed by atoms with van der Waals surface area (Å²) < 4.78 is 13.8. The molecule has 0 atom stereocenters. The van der Waals surface area contributed by atoms with Gasteiger partial charge in [-0.1, -0.05) is 35.8 Å². The van der Waals surface area contributed by atoms with E-state index < -0.39 is 0 Å². The molecule has 2 nitrogen and oxygen atoms in total. The molecular weight excluding hydrogens is 296 g/mol. The van der Waals surface area contributed by atoms with Crippen LogP contribution < -0.4 is 10.8 Å². The van der Waals surface area contributed by atoms with Gasteiger partial charge in [0.05, 0.1) is 4.88 Å². The highest BCUT2D eigenvalue weighted by Crippen LogP contribution is 2.30. The number of hydrogen-bond donors (Lipinski definition) is 1. The van der Waals surface area contributed by atoms with Crippen LogP contribution in [0.5, 0.6) is 0 Å². The Morgan fingerprint density at radius 1 is 1.00 bits per heavy atom. The van der Waals surface area contributed by atoms with E-state index in [1.54, 1.807) is 54.6 Å². The molecule has 0 spiro atoms. The van der Waals surface area contributed by atoms with Crippen molar-refractivity contribution in [3.05, 3.63) is 71.4 Å². The zero-order valence-electron chi connectivity index (χ0n) is 11.5. The number of rotatable bonds is 3. The van der Waals surface area contributed by atoms with Crippen molar-refractivity contribution >= 4 is 36.2 Å². The van der Waals surface area contributed by atoms with Crippen LogP contribution in [0, 0.1) is 5.82 Å². The minimum atomic E-state index is -0.296. The molecule has 0 saturated heterocycles. The van der Waals surface area contributed by atoms with Gasteiger partial charge < -0.3 is 5.32 Å². The van der Waals surface area contributed by atoms with Crippen LogP contribution in [-0.2, 0) is 0 Å². The van der Waals surface area contributed by atoms with Crippen molar-refractivity contribution in [2.24, 2.45) is 0 Å². The van der Waals surface area contributed by atoms with Crippen LogP contribution in [0.3, 0.4) is 0 Å². The summed E-state index contributed by atoms with van der Waals surface area (Å²) in [6, 6.07) is 16.9. The Kier molecular flexibility index (Phi) is 4.07. The van der Waals surface area contributed by atoms with Crippen molar-refractivity contribution in [3.8, 4) is 10.4 Å². The van der Waals surface area contributed by atoms with Crippen LogP contribution in [0.2, 0.25) is 0 Å². The summed E-state index contributed by atoms with van der Waals surface area (Å²) >= 11 is 1.25. The first kappa shape index (κ1) is 14.5. The van der Waals surface area contributed by atoms with Gasteiger partial charge in [-0.05, 0) is 30.3 Å². The van der Waals surface area contributed by atoms with E-state index in [0.29, 0.717) is 21.6 Å². The molecule has 2 radical (unpaired) electrons. The van der Waals surface area contributed by atoms with Gasteiger partial charge in [0.15, 0.2) is 0 Å². The molecule has 1 heterocycles. The molecule has 0 saturated carbocycles. The molecule has 0 aliphatic carbocycles. The molecule has 0 unspecified atom stereocenters. The van der Waals surface area contributed by atoms with Crippen LogP contribution in [0.25, 0.3) is 10.4 Å². The number of carbonyl (C=O) groups is 1. The molecule has 0 bridgehead atoms. The molecule has 1 N–H and O–H groups in total. The van der Waals surface area contributed by atoms with E-state index >= 15 is 0 Å². The zero-order chi connectivity index (χ0) is 15.5. The first-order chi connectivity index (χ1) is 10.6. The summed E-state index contributed by atoms with van der Waals surface area (Å²) in [7, 11) is 5.60. The van der Waals surface area contributed by atoms with Gasteiger partial charge in [0, 0.05) is 16.1 Å². The van der Waals surface area contributed by atoms with Crippen LogP contribution in [-0.4, -0.2) is 13.8 Å². The lowest BCUT2D eigenvalue weighted by Gasteiger charge is -2.03. The fourth-order valence-electron chi connectivity index (χ4n) is 2.02. The second-order valence-corrected chi connectivity index (χ2v) is 5.80. The smallest absolute Gasteiger partial charge is 0.265 e. The molecule has 5 heteroatoms. The fraction of sp³-hybridized carbons (Fsp3) is 0. The zero-order valence-corrected chi connectivity index (χ0v) is 12.4.